The zero-order valence-electron chi connectivity index (χ0n) is 8.79. The quantitative estimate of drug-likeness (QED) is 0.671. The second kappa shape index (κ2) is 5.58. The Morgan fingerprint density at radius 3 is 2.92 bits per heavy atom. The second-order valence-corrected chi connectivity index (χ2v) is 3.97. The van der Waals surface area contributed by atoms with Gasteiger partial charge in [0.15, 0.2) is 0 Å². The maximum atomic E-state index is 9.22. The van der Waals surface area contributed by atoms with Gasteiger partial charge in [0.25, 0.3) is 0 Å². The fourth-order valence-corrected chi connectivity index (χ4v) is 1.87. The lowest BCUT2D eigenvalue weighted by atomic mass is 10.2. The van der Waals surface area contributed by atoms with E-state index in [4.69, 9.17) is 0 Å². The number of nitrogens with one attached hydrogen (secondary N) is 1. The lowest BCUT2D eigenvalue weighted by Crippen LogP contribution is -2.43. The number of hydrogen-bond donors (Lipinski definition) is 2. The first-order valence-electron chi connectivity index (χ1n) is 5.36. The van der Waals surface area contributed by atoms with Crippen LogP contribution in [0.2, 0.25) is 0 Å². The van der Waals surface area contributed by atoms with Crippen LogP contribution in [0.1, 0.15) is 26.7 Å². The Labute approximate surface area is 81.1 Å². The number of aliphatic hydroxyl groups excluding tert-OH is 1. The molecule has 13 heavy (non-hydrogen) atoms. The van der Waals surface area contributed by atoms with Gasteiger partial charge in [-0.2, -0.15) is 0 Å². The molecule has 0 aromatic heterocycles. The van der Waals surface area contributed by atoms with Crippen molar-refractivity contribution in [3.8, 4) is 0 Å². The van der Waals surface area contributed by atoms with Crippen molar-refractivity contribution in [2.45, 2.75) is 38.8 Å². The van der Waals surface area contributed by atoms with Crippen molar-refractivity contribution in [3.63, 3.8) is 0 Å². The number of nitrogens with zero attached hydrogens (tertiary/aromatic N) is 1. The van der Waals surface area contributed by atoms with E-state index in [0.29, 0.717) is 12.1 Å². The van der Waals surface area contributed by atoms with Crippen LogP contribution in [-0.2, 0) is 0 Å². The standard InChI is InChI=1S/C10H22N2O/c1-3-5-12-6-4-9(2)11-7-10(12)8-13/h9-11,13H,3-8H2,1-2H3. The summed E-state index contributed by atoms with van der Waals surface area (Å²) in [5.74, 6) is 0. The molecule has 3 nitrogen and oxygen atoms in total. The summed E-state index contributed by atoms with van der Waals surface area (Å²) in [6, 6.07) is 0.917. The molecule has 0 aromatic carbocycles. The normalized spacial score (nSPS) is 31.6. The van der Waals surface area contributed by atoms with Gasteiger partial charge in [-0.1, -0.05) is 6.92 Å². The molecule has 1 saturated heterocycles. The molecular weight excluding hydrogens is 164 g/mol. The smallest absolute Gasteiger partial charge is 0.0599 e. The van der Waals surface area contributed by atoms with Gasteiger partial charge in [-0.3, -0.25) is 4.90 Å². The van der Waals surface area contributed by atoms with Crippen molar-refractivity contribution < 1.29 is 5.11 Å². The number of aliphatic hydroxyl groups is 1. The van der Waals surface area contributed by atoms with Crippen molar-refractivity contribution >= 4 is 0 Å². The number of rotatable bonds is 3. The van der Waals surface area contributed by atoms with Crippen LogP contribution in [0.3, 0.4) is 0 Å². The van der Waals surface area contributed by atoms with E-state index in [1.54, 1.807) is 0 Å². The van der Waals surface area contributed by atoms with Crippen LogP contribution in [0.15, 0.2) is 0 Å². The van der Waals surface area contributed by atoms with Gasteiger partial charge in [-0.15, -0.1) is 0 Å². The third kappa shape index (κ3) is 3.25. The Kier molecular flexibility index (Phi) is 4.70. The molecule has 1 aliphatic heterocycles. The molecule has 0 spiro atoms. The van der Waals surface area contributed by atoms with Crippen LogP contribution in [0.25, 0.3) is 0 Å². The Morgan fingerprint density at radius 2 is 2.31 bits per heavy atom. The van der Waals surface area contributed by atoms with E-state index in [9.17, 15) is 5.11 Å². The van der Waals surface area contributed by atoms with Crippen molar-refractivity contribution in [1.82, 2.24) is 10.2 Å². The second-order valence-electron chi connectivity index (χ2n) is 3.97. The van der Waals surface area contributed by atoms with E-state index >= 15 is 0 Å². The molecule has 1 heterocycles. The molecule has 0 radical (unpaired) electrons. The fourth-order valence-electron chi connectivity index (χ4n) is 1.87. The topological polar surface area (TPSA) is 35.5 Å². The van der Waals surface area contributed by atoms with Crippen molar-refractivity contribution in [2.75, 3.05) is 26.2 Å². The Hall–Kier alpha value is -0.120. The zero-order chi connectivity index (χ0) is 9.68. The molecule has 0 amide bonds. The molecule has 0 aromatic rings. The predicted octanol–water partition coefficient (Wildman–Crippen LogP) is 0.441. The summed E-state index contributed by atoms with van der Waals surface area (Å²) in [6.45, 7) is 7.84. The Bertz CT molecular complexity index is 141. The van der Waals surface area contributed by atoms with E-state index in [1.807, 2.05) is 0 Å². The van der Waals surface area contributed by atoms with Crippen LogP contribution < -0.4 is 5.32 Å². The minimum atomic E-state index is 0.278. The zero-order valence-corrected chi connectivity index (χ0v) is 8.79. The molecule has 1 fully saturated rings. The van der Waals surface area contributed by atoms with E-state index in [1.165, 1.54) is 12.8 Å². The first kappa shape index (κ1) is 11.0. The van der Waals surface area contributed by atoms with Gasteiger partial charge in [0.05, 0.1) is 6.61 Å². The third-order valence-electron chi connectivity index (χ3n) is 2.79. The average Bonchev–Trinajstić information content (AvgIpc) is 2.30. The van der Waals surface area contributed by atoms with Crippen molar-refractivity contribution in [2.24, 2.45) is 0 Å². The molecule has 2 atom stereocenters. The maximum Gasteiger partial charge on any atom is 0.0599 e. The highest BCUT2D eigenvalue weighted by atomic mass is 16.3. The summed E-state index contributed by atoms with van der Waals surface area (Å²) in [5, 5.41) is 12.6. The molecular formula is C10H22N2O. The van der Waals surface area contributed by atoms with Crippen LogP contribution in [0, 0.1) is 0 Å². The molecule has 1 aliphatic rings. The fraction of sp³-hybridized carbons (Fsp3) is 1.00. The average molecular weight is 186 g/mol. The monoisotopic (exact) mass is 186 g/mol. The van der Waals surface area contributed by atoms with Crippen LogP contribution in [0.5, 0.6) is 0 Å². The van der Waals surface area contributed by atoms with E-state index < -0.39 is 0 Å². The third-order valence-corrected chi connectivity index (χ3v) is 2.79. The van der Waals surface area contributed by atoms with Crippen LogP contribution >= 0.6 is 0 Å². The summed E-state index contributed by atoms with van der Waals surface area (Å²) in [7, 11) is 0. The Morgan fingerprint density at radius 1 is 1.54 bits per heavy atom. The minimum Gasteiger partial charge on any atom is -0.395 e. The highest BCUT2D eigenvalue weighted by molar-refractivity contribution is 4.80. The molecule has 0 saturated carbocycles. The van der Waals surface area contributed by atoms with Gasteiger partial charge >= 0.3 is 0 Å². The van der Waals surface area contributed by atoms with E-state index in [-0.39, 0.29) is 6.61 Å². The van der Waals surface area contributed by atoms with Gasteiger partial charge in [-0.05, 0) is 26.3 Å². The van der Waals surface area contributed by atoms with Crippen molar-refractivity contribution in [1.29, 1.82) is 0 Å². The van der Waals surface area contributed by atoms with Gasteiger partial charge < -0.3 is 10.4 Å². The van der Waals surface area contributed by atoms with E-state index in [2.05, 4.69) is 24.1 Å². The maximum absolute atomic E-state index is 9.22. The van der Waals surface area contributed by atoms with Gasteiger partial charge in [0.2, 0.25) is 0 Å². The summed E-state index contributed by atoms with van der Waals surface area (Å²) in [5.41, 5.74) is 0. The van der Waals surface area contributed by atoms with Crippen LogP contribution in [0.4, 0.5) is 0 Å². The summed E-state index contributed by atoms with van der Waals surface area (Å²) >= 11 is 0. The summed E-state index contributed by atoms with van der Waals surface area (Å²) < 4.78 is 0. The molecule has 0 aliphatic carbocycles. The largest absolute Gasteiger partial charge is 0.395 e. The highest BCUT2D eigenvalue weighted by Gasteiger charge is 2.21. The predicted molar refractivity (Wildman–Crippen MR) is 54.8 cm³/mol. The van der Waals surface area contributed by atoms with Gasteiger partial charge in [0, 0.05) is 25.2 Å². The first-order valence-corrected chi connectivity index (χ1v) is 5.36. The van der Waals surface area contributed by atoms with Gasteiger partial charge in [-0.25, -0.2) is 0 Å². The molecule has 2 unspecified atom stereocenters. The first-order chi connectivity index (χ1) is 6.27. The minimum absolute atomic E-state index is 0.278. The molecule has 3 heteroatoms. The lowest BCUT2D eigenvalue weighted by Gasteiger charge is -2.27. The Balaban J connectivity index is 2.46. The van der Waals surface area contributed by atoms with E-state index in [0.717, 1.165) is 19.6 Å². The van der Waals surface area contributed by atoms with Crippen molar-refractivity contribution in [3.05, 3.63) is 0 Å². The molecule has 78 valence electrons. The SMILES string of the molecule is CCCN1CCC(C)NCC1CO. The summed E-state index contributed by atoms with van der Waals surface area (Å²) in [6.07, 6.45) is 2.36. The van der Waals surface area contributed by atoms with Gasteiger partial charge in [0.1, 0.15) is 0 Å². The molecule has 1 rings (SSSR count). The lowest BCUT2D eigenvalue weighted by molar-refractivity contribution is 0.132. The number of hydrogen-bond acceptors (Lipinski definition) is 3. The molecule has 2 N–H and O–H groups in total. The van der Waals surface area contributed by atoms with Crippen LogP contribution in [-0.4, -0.2) is 48.3 Å². The molecule has 0 bridgehead atoms. The summed E-state index contributed by atoms with van der Waals surface area (Å²) in [4.78, 5) is 2.40. The highest BCUT2D eigenvalue weighted by Crippen LogP contribution is 2.07.